The Morgan fingerprint density at radius 2 is 2.18 bits per heavy atom. The van der Waals surface area contributed by atoms with E-state index < -0.39 is 0 Å². The fourth-order valence-electron chi connectivity index (χ4n) is 1.60. The van der Waals surface area contributed by atoms with Gasteiger partial charge in [0.25, 0.3) is 0 Å². The Kier molecular flexibility index (Phi) is 7.06. The van der Waals surface area contributed by atoms with Gasteiger partial charge in [0.05, 0.1) is 12.7 Å². The lowest BCUT2D eigenvalue weighted by atomic mass is 10.1. The number of benzene rings is 1. The maximum Gasteiger partial charge on any atom is 0.0642 e. The molecule has 0 unspecified atom stereocenters. The Labute approximate surface area is 109 Å². The molecular formula is C14H22ClNO. The van der Waals surface area contributed by atoms with Crippen molar-refractivity contribution in [2.45, 2.75) is 32.8 Å². The molecule has 0 amide bonds. The molecule has 96 valence electrons. The Balaban J connectivity index is 2.32. The van der Waals surface area contributed by atoms with Gasteiger partial charge >= 0.3 is 0 Å². The summed E-state index contributed by atoms with van der Waals surface area (Å²) >= 11 is 5.69. The average Bonchev–Trinajstić information content (AvgIpc) is 2.32. The molecule has 0 heterocycles. The molecule has 0 aliphatic rings. The summed E-state index contributed by atoms with van der Waals surface area (Å²) in [6.07, 6.45) is 2.37. The summed E-state index contributed by atoms with van der Waals surface area (Å²) < 4.78 is 5.48. The molecule has 1 aromatic rings. The number of hydrogen-bond acceptors (Lipinski definition) is 2. The quantitative estimate of drug-likeness (QED) is 0.565. The van der Waals surface area contributed by atoms with Gasteiger partial charge in [-0.15, -0.1) is 11.6 Å². The van der Waals surface area contributed by atoms with Gasteiger partial charge in [0, 0.05) is 18.1 Å². The number of nitrogens with one attached hydrogen (secondary N) is 1. The van der Waals surface area contributed by atoms with Gasteiger partial charge in [0.2, 0.25) is 0 Å². The summed E-state index contributed by atoms with van der Waals surface area (Å²) in [4.78, 5) is 0. The average molecular weight is 256 g/mol. The Morgan fingerprint density at radius 3 is 2.88 bits per heavy atom. The first-order valence-corrected chi connectivity index (χ1v) is 6.76. The molecule has 0 radical (unpaired) electrons. The third-order valence-electron chi connectivity index (χ3n) is 2.41. The van der Waals surface area contributed by atoms with Crippen LogP contribution >= 0.6 is 11.6 Å². The highest BCUT2D eigenvalue weighted by Gasteiger charge is 1.97. The van der Waals surface area contributed by atoms with Crippen molar-refractivity contribution in [3.05, 3.63) is 29.8 Å². The second kappa shape index (κ2) is 8.37. The zero-order valence-electron chi connectivity index (χ0n) is 10.7. The molecule has 3 heteroatoms. The van der Waals surface area contributed by atoms with Gasteiger partial charge < -0.3 is 10.1 Å². The first-order chi connectivity index (χ1) is 8.22. The second-order valence-corrected chi connectivity index (χ2v) is 4.72. The lowest BCUT2D eigenvalue weighted by Gasteiger charge is -2.10. The van der Waals surface area contributed by atoms with Crippen LogP contribution in [0, 0.1) is 0 Å². The molecule has 0 saturated heterocycles. The van der Waals surface area contributed by atoms with Crippen molar-refractivity contribution in [1.82, 2.24) is 0 Å². The van der Waals surface area contributed by atoms with Crippen molar-refractivity contribution in [1.29, 1.82) is 0 Å². The number of alkyl halides is 1. The molecule has 0 saturated carbocycles. The van der Waals surface area contributed by atoms with Gasteiger partial charge in [-0.2, -0.15) is 0 Å². The predicted molar refractivity (Wildman–Crippen MR) is 75.1 cm³/mol. The monoisotopic (exact) mass is 255 g/mol. The van der Waals surface area contributed by atoms with Gasteiger partial charge in [-0.25, -0.2) is 0 Å². The van der Waals surface area contributed by atoms with E-state index in [1.807, 2.05) is 13.8 Å². The van der Waals surface area contributed by atoms with Crippen LogP contribution in [0.3, 0.4) is 0 Å². The van der Waals surface area contributed by atoms with E-state index in [4.69, 9.17) is 16.3 Å². The Morgan fingerprint density at radius 1 is 1.35 bits per heavy atom. The van der Waals surface area contributed by atoms with Crippen LogP contribution in [-0.2, 0) is 11.2 Å². The fourth-order valence-corrected chi connectivity index (χ4v) is 1.73. The van der Waals surface area contributed by atoms with E-state index in [9.17, 15) is 0 Å². The smallest absolute Gasteiger partial charge is 0.0642 e. The summed E-state index contributed by atoms with van der Waals surface area (Å²) in [7, 11) is 0. The highest BCUT2D eigenvalue weighted by atomic mass is 35.5. The minimum absolute atomic E-state index is 0.298. The molecule has 1 N–H and O–H groups in total. The molecule has 0 atom stereocenters. The van der Waals surface area contributed by atoms with Crippen LogP contribution < -0.4 is 5.32 Å². The summed E-state index contributed by atoms with van der Waals surface area (Å²) in [6, 6.07) is 8.49. The van der Waals surface area contributed by atoms with Crippen LogP contribution in [0.2, 0.25) is 0 Å². The molecule has 17 heavy (non-hydrogen) atoms. The van der Waals surface area contributed by atoms with Crippen LogP contribution in [-0.4, -0.2) is 25.1 Å². The Bertz CT molecular complexity index is 315. The van der Waals surface area contributed by atoms with Crippen molar-refractivity contribution in [3.63, 3.8) is 0 Å². The summed E-state index contributed by atoms with van der Waals surface area (Å²) in [6.45, 7) is 5.68. The van der Waals surface area contributed by atoms with Crippen molar-refractivity contribution >= 4 is 17.3 Å². The van der Waals surface area contributed by atoms with E-state index in [0.717, 1.165) is 37.6 Å². The van der Waals surface area contributed by atoms with Gasteiger partial charge in [-0.3, -0.25) is 0 Å². The number of hydrogen-bond donors (Lipinski definition) is 1. The number of anilines is 1. The minimum atomic E-state index is 0.298. The van der Waals surface area contributed by atoms with Gasteiger partial charge in [-0.1, -0.05) is 12.1 Å². The fraction of sp³-hybridized carbons (Fsp3) is 0.571. The maximum atomic E-state index is 5.69. The van der Waals surface area contributed by atoms with Crippen molar-refractivity contribution in [2.75, 3.05) is 24.3 Å². The van der Waals surface area contributed by atoms with Crippen LogP contribution in [0.5, 0.6) is 0 Å². The summed E-state index contributed by atoms with van der Waals surface area (Å²) in [5, 5.41) is 3.36. The number of aryl methyl sites for hydroxylation is 1. The first-order valence-electron chi connectivity index (χ1n) is 6.22. The molecular weight excluding hydrogens is 234 g/mol. The zero-order chi connectivity index (χ0) is 12.5. The van der Waals surface area contributed by atoms with E-state index >= 15 is 0 Å². The van der Waals surface area contributed by atoms with Crippen molar-refractivity contribution < 1.29 is 4.74 Å². The van der Waals surface area contributed by atoms with Crippen molar-refractivity contribution in [3.8, 4) is 0 Å². The standard InChI is InChI=1S/C14H22ClNO/c1-12(2)17-10-9-16-14-7-3-5-13(11-14)6-4-8-15/h3,5,7,11-12,16H,4,6,8-10H2,1-2H3. The van der Waals surface area contributed by atoms with Gasteiger partial charge in [0.15, 0.2) is 0 Å². The highest BCUT2D eigenvalue weighted by Crippen LogP contribution is 2.12. The van der Waals surface area contributed by atoms with Crippen LogP contribution in [0.1, 0.15) is 25.8 Å². The molecule has 0 aliphatic heterocycles. The molecule has 1 rings (SSSR count). The SMILES string of the molecule is CC(C)OCCNc1cccc(CCCCl)c1. The second-order valence-electron chi connectivity index (χ2n) is 4.34. The molecule has 0 spiro atoms. The van der Waals surface area contributed by atoms with E-state index in [1.54, 1.807) is 0 Å². The summed E-state index contributed by atoms with van der Waals surface area (Å²) in [5.74, 6) is 0.722. The lowest BCUT2D eigenvalue weighted by molar-refractivity contribution is 0.0870. The number of rotatable bonds is 8. The molecule has 0 aromatic heterocycles. The first kappa shape index (κ1) is 14.3. The zero-order valence-corrected chi connectivity index (χ0v) is 11.5. The largest absolute Gasteiger partial charge is 0.383 e. The molecule has 0 aliphatic carbocycles. The lowest BCUT2D eigenvalue weighted by Crippen LogP contribution is -2.13. The van der Waals surface area contributed by atoms with E-state index in [1.165, 1.54) is 5.56 Å². The number of ether oxygens (including phenoxy) is 1. The van der Waals surface area contributed by atoms with E-state index in [-0.39, 0.29) is 0 Å². The number of halogens is 1. The van der Waals surface area contributed by atoms with Crippen LogP contribution in [0.15, 0.2) is 24.3 Å². The molecule has 0 fully saturated rings. The van der Waals surface area contributed by atoms with E-state index in [2.05, 4.69) is 29.6 Å². The van der Waals surface area contributed by atoms with E-state index in [0.29, 0.717) is 6.10 Å². The van der Waals surface area contributed by atoms with Gasteiger partial charge in [-0.05, 0) is 44.4 Å². The maximum absolute atomic E-state index is 5.69. The topological polar surface area (TPSA) is 21.3 Å². The molecule has 1 aromatic carbocycles. The predicted octanol–water partition coefficient (Wildman–Crippen LogP) is 3.69. The molecule has 0 bridgehead atoms. The molecule has 2 nitrogen and oxygen atoms in total. The normalized spacial score (nSPS) is 10.8. The third-order valence-corrected chi connectivity index (χ3v) is 2.68. The minimum Gasteiger partial charge on any atom is -0.383 e. The van der Waals surface area contributed by atoms with Gasteiger partial charge in [0.1, 0.15) is 0 Å². The third kappa shape index (κ3) is 6.54. The summed E-state index contributed by atoms with van der Waals surface area (Å²) in [5.41, 5.74) is 2.49. The van der Waals surface area contributed by atoms with Crippen LogP contribution in [0.4, 0.5) is 5.69 Å². The van der Waals surface area contributed by atoms with Crippen LogP contribution in [0.25, 0.3) is 0 Å². The Hall–Kier alpha value is -0.730. The highest BCUT2D eigenvalue weighted by molar-refractivity contribution is 6.17. The van der Waals surface area contributed by atoms with Crippen molar-refractivity contribution in [2.24, 2.45) is 0 Å².